The molecule has 2 aliphatic carbocycles. The molecule has 2 saturated carbocycles. The maximum Gasteiger partial charge on any atom is 0.342 e. The van der Waals surface area contributed by atoms with Gasteiger partial charge in [0.25, 0.3) is 0 Å². The van der Waals surface area contributed by atoms with Crippen LogP contribution in [-0.4, -0.2) is 25.4 Å². The minimum Gasteiger partial charge on any atom is -0.431 e. The summed E-state index contributed by atoms with van der Waals surface area (Å²) in [6, 6.07) is 0. The third-order valence-corrected chi connectivity index (χ3v) is 5.79. The lowest BCUT2D eigenvalue weighted by Crippen LogP contribution is -2.38. The number of fused-ring (bicyclic) bond motifs is 2. The minimum absolute atomic E-state index is 0.0408. The van der Waals surface area contributed by atoms with E-state index in [1.165, 1.54) is 6.42 Å². The predicted octanol–water partition coefficient (Wildman–Crippen LogP) is 2.03. The second-order valence-electron chi connectivity index (χ2n) is 5.42. The van der Waals surface area contributed by atoms with Gasteiger partial charge in [-0.3, -0.25) is 4.79 Å². The number of Topliss-reactive ketones (excluding diaryl/α,β-unsaturated/α-hetero) is 1. The SMILES string of the molecule is COBSCC12CCC(CC1=O)C2(C)C. The molecule has 2 nitrogen and oxygen atoms in total. The summed E-state index contributed by atoms with van der Waals surface area (Å²) in [5, 5.41) is 0. The van der Waals surface area contributed by atoms with Gasteiger partial charge in [-0.25, -0.2) is 0 Å². The van der Waals surface area contributed by atoms with Crippen LogP contribution in [0.1, 0.15) is 33.1 Å². The van der Waals surface area contributed by atoms with Crippen LogP contribution in [0.15, 0.2) is 0 Å². The van der Waals surface area contributed by atoms with E-state index in [2.05, 4.69) is 13.8 Å². The Hall–Kier alpha value is 0.0449. The van der Waals surface area contributed by atoms with Gasteiger partial charge in [0, 0.05) is 18.9 Å². The molecule has 2 aliphatic rings. The van der Waals surface area contributed by atoms with Crippen molar-refractivity contribution >= 4 is 24.2 Å². The normalized spacial score (nSPS) is 37.3. The van der Waals surface area contributed by atoms with Gasteiger partial charge < -0.3 is 4.65 Å². The van der Waals surface area contributed by atoms with Crippen LogP contribution in [-0.2, 0) is 9.45 Å². The lowest BCUT2D eigenvalue weighted by molar-refractivity contribution is -0.127. The summed E-state index contributed by atoms with van der Waals surface area (Å²) in [7, 11) is 1.71. The third-order valence-electron chi connectivity index (χ3n) is 4.69. The van der Waals surface area contributed by atoms with Crippen LogP contribution in [0.25, 0.3) is 0 Å². The molecule has 0 spiro atoms. The number of rotatable bonds is 4. The Labute approximate surface area is 96.7 Å². The first kappa shape index (κ1) is 11.5. The number of hydrogen-bond donors (Lipinski definition) is 0. The number of carbonyl (C=O) groups excluding carboxylic acids is 1. The highest BCUT2D eigenvalue weighted by Gasteiger charge is 2.63. The number of carbonyl (C=O) groups is 1. The van der Waals surface area contributed by atoms with Gasteiger partial charge in [0.05, 0.1) is 0 Å². The van der Waals surface area contributed by atoms with E-state index in [4.69, 9.17) is 4.65 Å². The summed E-state index contributed by atoms with van der Waals surface area (Å²) < 4.78 is 5.06. The lowest BCUT2D eigenvalue weighted by Gasteiger charge is -2.36. The Bertz CT molecular complexity index is 280. The second kappa shape index (κ2) is 3.81. The molecular weight excluding hydrogens is 207 g/mol. The molecule has 0 heterocycles. The largest absolute Gasteiger partial charge is 0.431 e. The first-order valence-electron chi connectivity index (χ1n) is 5.64. The molecule has 0 saturated heterocycles. The molecule has 84 valence electrons. The van der Waals surface area contributed by atoms with E-state index < -0.39 is 0 Å². The van der Waals surface area contributed by atoms with Gasteiger partial charge in [0.1, 0.15) is 5.78 Å². The van der Waals surface area contributed by atoms with E-state index in [9.17, 15) is 4.79 Å². The Kier molecular flexibility index (Phi) is 2.93. The first-order valence-corrected chi connectivity index (χ1v) is 6.80. The number of hydrogen-bond acceptors (Lipinski definition) is 3. The molecule has 0 radical (unpaired) electrons. The average Bonchev–Trinajstić information content (AvgIpc) is 2.52. The topological polar surface area (TPSA) is 26.3 Å². The van der Waals surface area contributed by atoms with Crippen LogP contribution in [0.2, 0.25) is 0 Å². The summed E-state index contributed by atoms with van der Waals surface area (Å²) in [5.41, 5.74) is 0.172. The molecule has 2 rings (SSSR count). The summed E-state index contributed by atoms with van der Waals surface area (Å²) >= 11 is 1.76. The van der Waals surface area contributed by atoms with E-state index in [1.54, 1.807) is 18.7 Å². The van der Waals surface area contributed by atoms with Gasteiger partial charge in [0.2, 0.25) is 0 Å². The van der Waals surface area contributed by atoms with Crippen LogP contribution in [0.3, 0.4) is 0 Å². The molecule has 2 bridgehead atoms. The highest BCUT2D eigenvalue weighted by molar-refractivity contribution is 8.21. The van der Waals surface area contributed by atoms with Crippen molar-refractivity contribution in [2.24, 2.45) is 16.7 Å². The van der Waals surface area contributed by atoms with E-state index in [-0.39, 0.29) is 10.8 Å². The van der Waals surface area contributed by atoms with Crippen LogP contribution in [0, 0.1) is 16.7 Å². The van der Waals surface area contributed by atoms with E-state index in [0.717, 1.165) is 18.6 Å². The summed E-state index contributed by atoms with van der Waals surface area (Å²) in [6.45, 7) is 5.27. The van der Waals surface area contributed by atoms with Crippen molar-refractivity contribution < 1.29 is 9.45 Å². The first-order chi connectivity index (χ1) is 7.04. The fraction of sp³-hybridized carbons (Fsp3) is 0.909. The van der Waals surface area contributed by atoms with Crippen molar-refractivity contribution in [2.75, 3.05) is 12.9 Å². The standard InChI is InChI=1S/C11H19BO2S/c1-10(2)8-4-5-11(10,9(13)6-8)7-15-12-14-3/h8,12H,4-7H2,1-3H3. The molecule has 0 aromatic rings. The molecule has 2 unspecified atom stereocenters. The quantitative estimate of drug-likeness (QED) is 0.542. The van der Waals surface area contributed by atoms with Crippen molar-refractivity contribution in [3.8, 4) is 0 Å². The fourth-order valence-electron chi connectivity index (χ4n) is 3.41. The Morgan fingerprint density at radius 3 is 2.80 bits per heavy atom. The van der Waals surface area contributed by atoms with Gasteiger partial charge in [-0.1, -0.05) is 13.8 Å². The van der Waals surface area contributed by atoms with Gasteiger partial charge >= 0.3 is 6.76 Å². The maximum absolute atomic E-state index is 12.1. The van der Waals surface area contributed by atoms with E-state index >= 15 is 0 Å². The van der Waals surface area contributed by atoms with E-state index in [1.807, 2.05) is 0 Å². The molecule has 0 aromatic carbocycles. The van der Waals surface area contributed by atoms with Crippen LogP contribution in [0.5, 0.6) is 0 Å². The fourth-order valence-corrected chi connectivity index (χ4v) is 4.68. The minimum atomic E-state index is -0.0408. The monoisotopic (exact) mass is 226 g/mol. The van der Waals surface area contributed by atoms with Gasteiger partial charge in [-0.2, -0.15) is 11.6 Å². The Morgan fingerprint density at radius 1 is 1.60 bits per heavy atom. The van der Waals surface area contributed by atoms with Crippen LogP contribution >= 0.6 is 11.6 Å². The molecule has 0 N–H and O–H groups in total. The lowest BCUT2D eigenvalue weighted by atomic mass is 9.70. The Balaban J connectivity index is 2.13. The maximum atomic E-state index is 12.1. The van der Waals surface area contributed by atoms with E-state index in [0.29, 0.717) is 18.5 Å². The van der Waals surface area contributed by atoms with Gasteiger partial charge in [-0.05, 0) is 29.9 Å². The zero-order chi connectivity index (χ0) is 11.1. The Morgan fingerprint density at radius 2 is 2.33 bits per heavy atom. The summed E-state index contributed by atoms with van der Waals surface area (Å²) in [4.78, 5) is 12.1. The highest BCUT2D eigenvalue weighted by Crippen LogP contribution is 2.64. The summed E-state index contributed by atoms with van der Waals surface area (Å²) in [5.74, 6) is 2.09. The second-order valence-corrected chi connectivity index (χ2v) is 6.35. The van der Waals surface area contributed by atoms with Crippen molar-refractivity contribution in [2.45, 2.75) is 33.1 Å². The van der Waals surface area contributed by atoms with Gasteiger partial charge in [-0.15, -0.1) is 0 Å². The van der Waals surface area contributed by atoms with Crippen molar-refractivity contribution in [1.29, 1.82) is 0 Å². The smallest absolute Gasteiger partial charge is 0.342 e. The van der Waals surface area contributed by atoms with Crippen molar-refractivity contribution in [3.63, 3.8) is 0 Å². The molecule has 0 amide bonds. The molecule has 4 heteroatoms. The molecule has 2 atom stereocenters. The molecule has 0 aliphatic heterocycles. The van der Waals surface area contributed by atoms with Crippen molar-refractivity contribution in [3.05, 3.63) is 0 Å². The average molecular weight is 226 g/mol. The zero-order valence-corrected chi connectivity index (χ0v) is 10.7. The van der Waals surface area contributed by atoms with Crippen molar-refractivity contribution in [1.82, 2.24) is 0 Å². The highest BCUT2D eigenvalue weighted by atomic mass is 32.2. The predicted molar refractivity (Wildman–Crippen MR) is 65.2 cm³/mol. The third kappa shape index (κ3) is 1.48. The zero-order valence-electron chi connectivity index (χ0n) is 9.84. The molecule has 15 heavy (non-hydrogen) atoms. The van der Waals surface area contributed by atoms with Gasteiger partial charge in [0.15, 0.2) is 0 Å². The van der Waals surface area contributed by atoms with Crippen LogP contribution < -0.4 is 0 Å². The molecular formula is C11H19BO2S. The number of ketones is 1. The summed E-state index contributed by atoms with van der Waals surface area (Å²) in [6.07, 6.45) is 3.16. The van der Waals surface area contributed by atoms with Crippen LogP contribution in [0.4, 0.5) is 0 Å². The molecule has 2 fully saturated rings. The molecule has 0 aromatic heterocycles.